The van der Waals surface area contributed by atoms with Gasteiger partial charge in [0.25, 0.3) is 0 Å². The van der Waals surface area contributed by atoms with Crippen LogP contribution in [0.25, 0.3) is 0 Å². The third kappa shape index (κ3) is 3.35. The normalized spacial score (nSPS) is 36.8. The van der Waals surface area contributed by atoms with Crippen molar-refractivity contribution in [2.45, 2.75) is 63.8 Å². The van der Waals surface area contributed by atoms with Crippen LogP contribution in [0.3, 0.4) is 0 Å². The zero-order valence-electron chi connectivity index (χ0n) is 14.1. The van der Waals surface area contributed by atoms with E-state index in [1.165, 1.54) is 13.0 Å². The summed E-state index contributed by atoms with van der Waals surface area (Å²) in [7, 11) is 4.43. The van der Waals surface area contributed by atoms with Gasteiger partial charge in [-0.3, -0.25) is 0 Å². The van der Waals surface area contributed by atoms with Gasteiger partial charge in [0.2, 0.25) is 0 Å². The number of likely N-dealkylation sites (N-methyl/N-ethyl adjacent to an activating group) is 2. The van der Waals surface area contributed by atoms with Gasteiger partial charge in [-0.15, -0.1) is 0 Å². The summed E-state index contributed by atoms with van der Waals surface area (Å²) >= 11 is 0. The molecule has 0 aromatic carbocycles. The monoisotopic (exact) mass is 283 g/mol. The van der Waals surface area contributed by atoms with Gasteiger partial charge in [0.15, 0.2) is 0 Å². The molecule has 0 aromatic rings. The third-order valence-corrected chi connectivity index (χ3v) is 5.17. The Hall–Kier alpha value is -0.160. The predicted molar refractivity (Wildman–Crippen MR) is 83.9 cm³/mol. The van der Waals surface area contributed by atoms with E-state index >= 15 is 0 Å². The van der Waals surface area contributed by atoms with Gasteiger partial charge in [-0.25, -0.2) is 0 Å². The summed E-state index contributed by atoms with van der Waals surface area (Å²) in [4.78, 5) is 4.87. The molecule has 3 unspecified atom stereocenters. The second-order valence-corrected chi connectivity index (χ2v) is 8.02. The van der Waals surface area contributed by atoms with Crippen LogP contribution >= 0.6 is 0 Å². The van der Waals surface area contributed by atoms with Crippen molar-refractivity contribution in [1.82, 2.24) is 9.80 Å². The maximum absolute atomic E-state index is 6.72. The van der Waals surface area contributed by atoms with E-state index < -0.39 is 0 Å². The maximum Gasteiger partial charge on any atom is 0.0678 e. The van der Waals surface area contributed by atoms with E-state index in [2.05, 4.69) is 51.6 Å². The molecule has 0 aliphatic carbocycles. The van der Waals surface area contributed by atoms with Crippen LogP contribution in [0.1, 0.15) is 40.5 Å². The molecule has 2 aliphatic heterocycles. The van der Waals surface area contributed by atoms with Crippen LogP contribution in [0.15, 0.2) is 0 Å². The lowest BCUT2D eigenvalue weighted by Gasteiger charge is -2.39. The van der Waals surface area contributed by atoms with E-state index in [1.807, 2.05) is 0 Å². The van der Waals surface area contributed by atoms with Crippen LogP contribution in [0, 0.1) is 5.92 Å². The van der Waals surface area contributed by atoms with Crippen molar-refractivity contribution < 1.29 is 4.74 Å². The van der Waals surface area contributed by atoms with Crippen LogP contribution in [-0.4, -0.2) is 66.8 Å². The van der Waals surface area contributed by atoms with Crippen LogP contribution in [0.2, 0.25) is 0 Å². The zero-order valence-corrected chi connectivity index (χ0v) is 14.1. The second kappa shape index (κ2) is 5.56. The average molecular weight is 283 g/mol. The molecule has 2 rings (SSSR count). The van der Waals surface area contributed by atoms with Crippen LogP contribution < -0.4 is 5.73 Å². The molecular formula is C16H33N3O. The number of rotatable bonds is 2. The van der Waals surface area contributed by atoms with E-state index in [1.54, 1.807) is 0 Å². The molecule has 3 atom stereocenters. The minimum Gasteiger partial charge on any atom is -0.369 e. The Labute approximate surface area is 124 Å². The Morgan fingerprint density at radius 3 is 2.35 bits per heavy atom. The molecule has 0 aromatic heterocycles. The summed E-state index contributed by atoms with van der Waals surface area (Å²) < 4.78 is 6.24. The van der Waals surface area contributed by atoms with Crippen molar-refractivity contribution >= 4 is 0 Å². The Balaban J connectivity index is 2.15. The first kappa shape index (κ1) is 16.2. The molecule has 2 fully saturated rings. The quantitative estimate of drug-likeness (QED) is 0.835. The van der Waals surface area contributed by atoms with E-state index in [-0.39, 0.29) is 17.2 Å². The van der Waals surface area contributed by atoms with Gasteiger partial charge in [0, 0.05) is 24.5 Å². The summed E-state index contributed by atoms with van der Waals surface area (Å²) in [6.45, 7) is 12.1. The van der Waals surface area contributed by atoms with Gasteiger partial charge in [-0.05, 0) is 67.7 Å². The molecule has 0 amide bonds. The number of nitrogens with two attached hydrogens (primary N) is 1. The van der Waals surface area contributed by atoms with E-state index in [4.69, 9.17) is 10.5 Å². The lowest BCUT2D eigenvalue weighted by molar-refractivity contribution is -0.0789. The Morgan fingerprint density at radius 2 is 1.80 bits per heavy atom. The van der Waals surface area contributed by atoms with E-state index in [0.29, 0.717) is 12.0 Å². The van der Waals surface area contributed by atoms with Gasteiger partial charge in [0.1, 0.15) is 0 Å². The second-order valence-electron chi connectivity index (χ2n) is 8.02. The summed E-state index contributed by atoms with van der Waals surface area (Å²) in [5, 5.41) is 0. The zero-order chi connectivity index (χ0) is 15.1. The standard InChI is InChI=1S/C16H33N3O/c1-15(2)10-12(16(3,4)20-15)14(17)13-11-18(5)8-7-9-19(13)6/h12-14H,7-11,17H2,1-6H3. The Bertz CT molecular complexity index is 343. The van der Waals surface area contributed by atoms with Crippen LogP contribution in [-0.2, 0) is 4.74 Å². The molecule has 2 N–H and O–H groups in total. The molecule has 4 nitrogen and oxygen atoms in total. The molecule has 0 saturated carbocycles. The first-order valence-corrected chi connectivity index (χ1v) is 7.97. The topological polar surface area (TPSA) is 41.7 Å². The van der Waals surface area contributed by atoms with Gasteiger partial charge < -0.3 is 20.3 Å². The summed E-state index contributed by atoms with van der Waals surface area (Å²) in [6, 6.07) is 0.585. The summed E-state index contributed by atoms with van der Waals surface area (Å²) in [5.41, 5.74) is 6.54. The van der Waals surface area contributed by atoms with Gasteiger partial charge >= 0.3 is 0 Å². The molecule has 2 saturated heterocycles. The van der Waals surface area contributed by atoms with Crippen LogP contribution in [0.4, 0.5) is 0 Å². The fourth-order valence-corrected chi connectivity index (χ4v) is 4.19. The molecule has 0 spiro atoms. The highest BCUT2D eigenvalue weighted by atomic mass is 16.5. The van der Waals surface area contributed by atoms with Crippen molar-refractivity contribution in [3.8, 4) is 0 Å². The Kier molecular flexibility index (Phi) is 4.51. The number of hydrogen-bond donors (Lipinski definition) is 1. The van der Waals surface area contributed by atoms with Gasteiger partial charge in [0.05, 0.1) is 11.2 Å². The number of hydrogen-bond acceptors (Lipinski definition) is 4. The van der Waals surface area contributed by atoms with Crippen molar-refractivity contribution in [1.29, 1.82) is 0 Å². The van der Waals surface area contributed by atoms with Crippen molar-refractivity contribution in [2.24, 2.45) is 11.7 Å². The fourth-order valence-electron chi connectivity index (χ4n) is 4.19. The average Bonchev–Trinajstić information content (AvgIpc) is 2.43. The first-order chi connectivity index (χ1) is 9.12. The summed E-state index contributed by atoms with van der Waals surface area (Å²) in [6.07, 6.45) is 2.28. The predicted octanol–water partition coefficient (Wildman–Crippen LogP) is 1.54. The highest BCUT2D eigenvalue weighted by molar-refractivity contribution is 5.02. The van der Waals surface area contributed by atoms with Crippen LogP contribution in [0.5, 0.6) is 0 Å². The summed E-state index contributed by atoms with van der Waals surface area (Å²) in [5.74, 6) is 0.413. The lowest BCUT2D eigenvalue weighted by Crippen LogP contribution is -2.56. The Morgan fingerprint density at radius 1 is 1.15 bits per heavy atom. The molecule has 20 heavy (non-hydrogen) atoms. The fraction of sp³-hybridized carbons (Fsp3) is 1.00. The smallest absolute Gasteiger partial charge is 0.0678 e. The third-order valence-electron chi connectivity index (χ3n) is 5.17. The minimum atomic E-state index is -0.130. The number of ether oxygens (including phenoxy) is 1. The number of nitrogens with zero attached hydrogens (tertiary/aromatic N) is 2. The lowest BCUT2D eigenvalue weighted by atomic mass is 9.79. The van der Waals surface area contributed by atoms with Crippen molar-refractivity contribution in [3.05, 3.63) is 0 Å². The highest BCUT2D eigenvalue weighted by Gasteiger charge is 2.50. The minimum absolute atomic E-state index is 0.0546. The van der Waals surface area contributed by atoms with Gasteiger partial charge in [-0.1, -0.05) is 0 Å². The van der Waals surface area contributed by atoms with Gasteiger partial charge in [-0.2, -0.15) is 0 Å². The highest BCUT2D eigenvalue weighted by Crippen LogP contribution is 2.44. The molecule has 2 heterocycles. The molecule has 4 heteroatoms. The molecule has 0 radical (unpaired) electrons. The largest absolute Gasteiger partial charge is 0.369 e. The maximum atomic E-state index is 6.72. The van der Waals surface area contributed by atoms with Crippen molar-refractivity contribution in [2.75, 3.05) is 33.7 Å². The molecular weight excluding hydrogens is 250 g/mol. The first-order valence-electron chi connectivity index (χ1n) is 7.97. The SMILES string of the molecule is CN1CCCN(C)C(C(N)C2CC(C)(C)OC2(C)C)C1. The molecule has 2 aliphatic rings. The van der Waals surface area contributed by atoms with E-state index in [9.17, 15) is 0 Å². The molecule has 118 valence electrons. The molecule has 0 bridgehead atoms. The van der Waals surface area contributed by atoms with Crippen molar-refractivity contribution in [3.63, 3.8) is 0 Å². The van der Waals surface area contributed by atoms with E-state index in [0.717, 1.165) is 19.5 Å².